The first-order chi connectivity index (χ1) is 7.02. The summed E-state index contributed by atoms with van der Waals surface area (Å²) in [6, 6.07) is 0. The van der Waals surface area contributed by atoms with E-state index in [1.54, 1.807) is 0 Å². The van der Waals surface area contributed by atoms with Gasteiger partial charge in [-0.2, -0.15) is 5.06 Å². The van der Waals surface area contributed by atoms with Crippen molar-refractivity contribution in [2.24, 2.45) is 0 Å². The molecule has 1 fully saturated rings. The van der Waals surface area contributed by atoms with Gasteiger partial charge in [0, 0.05) is 7.05 Å². The van der Waals surface area contributed by atoms with E-state index in [1.807, 2.05) is 0 Å². The molecule has 90 valence electrons. The van der Waals surface area contributed by atoms with Crippen LogP contribution in [0.15, 0.2) is 0 Å². The second kappa shape index (κ2) is 5.17. The van der Waals surface area contributed by atoms with Crippen LogP contribution in [0.2, 0.25) is 0 Å². The first-order valence-corrected chi connectivity index (χ1v) is 4.60. The Labute approximate surface area is 87.4 Å². The minimum Gasteiger partial charge on any atom is -0.394 e. The fourth-order valence-corrected chi connectivity index (χ4v) is 1.49. The van der Waals surface area contributed by atoms with Crippen LogP contribution in [0, 0.1) is 0 Å². The zero-order valence-corrected chi connectivity index (χ0v) is 8.65. The van der Waals surface area contributed by atoms with Gasteiger partial charge in [0.2, 0.25) is 0 Å². The van der Waals surface area contributed by atoms with E-state index in [9.17, 15) is 15.3 Å². The maximum Gasteiger partial charge on any atom is 0.161 e. The highest BCUT2D eigenvalue weighted by atomic mass is 16.7. The van der Waals surface area contributed by atoms with Crippen molar-refractivity contribution < 1.29 is 30.0 Å². The van der Waals surface area contributed by atoms with Crippen LogP contribution in [0.25, 0.3) is 0 Å². The summed E-state index contributed by atoms with van der Waals surface area (Å²) in [5.74, 6) is 0. The Balaban J connectivity index is 2.74. The first-order valence-electron chi connectivity index (χ1n) is 4.60. The van der Waals surface area contributed by atoms with E-state index in [1.165, 1.54) is 19.2 Å². The average molecular weight is 223 g/mol. The third-order valence-corrected chi connectivity index (χ3v) is 2.51. The van der Waals surface area contributed by atoms with Crippen LogP contribution in [0.1, 0.15) is 0 Å². The third-order valence-electron chi connectivity index (χ3n) is 2.51. The maximum absolute atomic E-state index is 9.58. The number of hydrogen-bond acceptors (Lipinski definition) is 7. The molecule has 4 N–H and O–H groups in total. The highest BCUT2D eigenvalue weighted by molar-refractivity contribution is 4.90. The molecule has 1 aliphatic heterocycles. The molecule has 1 heterocycles. The summed E-state index contributed by atoms with van der Waals surface area (Å²) in [7, 11) is 2.88. The van der Waals surface area contributed by atoms with Crippen LogP contribution >= 0.6 is 0 Å². The van der Waals surface area contributed by atoms with E-state index < -0.39 is 37.3 Å². The minimum atomic E-state index is -1.38. The summed E-state index contributed by atoms with van der Waals surface area (Å²) in [6.07, 6.45) is -5.85. The van der Waals surface area contributed by atoms with Gasteiger partial charge in [-0.15, -0.1) is 0 Å². The van der Waals surface area contributed by atoms with Crippen molar-refractivity contribution in [2.45, 2.75) is 30.6 Å². The van der Waals surface area contributed by atoms with Crippen molar-refractivity contribution in [3.8, 4) is 0 Å². The topological polar surface area (TPSA) is 103 Å². The van der Waals surface area contributed by atoms with Gasteiger partial charge in [-0.05, 0) is 0 Å². The zero-order valence-electron chi connectivity index (χ0n) is 8.65. The summed E-state index contributed by atoms with van der Waals surface area (Å²) in [5, 5.41) is 38.6. The van der Waals surface area contributed by atoms with Gasteiger partial charge in [-0.25, -0.2) is 0 Å². The molecule has 1 aliphatic rings. The molecule has 3 unspecified atom stereocenters. The summed E-state index contributed by atoms with van der Waals surface area (Å²) >= 11 is 0. The molecular formula is C8H17NO6. The lowest BCUT2D eigenvalue weighted by molar-refractivity contribution is -0.320. The number of aliphatic hydroxyl groups is 4. The van der Waals surface area contributed by atoms with E-state index in [0.29, 0.717) is 0 Å². The van der Waals surface area contributed by atoms with Gasteiger partial charge in [0.1, 0.15) is 24.4 Å². The lowest BCUT2D eigenvalue weighted by Crippen LogP contribution is -2.62. The van der Waals surface area contributed by atoms with Gasteiger partial charge in [-0.1, -0.05) is 0 Å². The minimum absolute atomic E-state index is 0.445. The van der Waals surface area contributed by atoms with Crippen LogP contribution in [-0.2, 0) is 9.57 Å². The van der Waals surface area contributed by atoms with E-state index in [2.05, 4.69) is 0 Å². The van der Waals surface area contributed by atoms with Gasteiger partial charge in [-0.3, -0.25) is 4.84 Å². The molecule has 0 aromatic heterocycles. The Morgan fingerprint density at radius 3 is 2.27 bits per heavy atom. The Hall–Kier alpha value is -0.280. The molecule has 0 aromatic carbocycles. The quantitative estimate of drug-likeness (QED) is 0.385. The van der Waals surface area contributed by atoms with Gasteiger partial charge >= 0.3 is 0 Å². The van der Waals surface area contributed by atoms with Gasteiger partial charge in [0.05, 0.1) is 13.7 Å². The highest BCUT2D eigenvalue weighted by Crippen LogP contribution is 2.22. The molecule has 0 saturated carbocycles. The number of aliphatic hydroxyl groups excluding tert-OH is 4. The van der Waals surface area contributed by atoms with Gasteiger partial charge in [0.15, 0.2) is 6.23 Å². The number of hydrogen-bond donors (Lipinski definition) is 4. The second-order valence-corrected chi connectivity index (χ2v) is 3.45. The average Bonchev–Trinajstić information content (AvgIpc) is 2.25. The Bertz CT molecular complexity index is 202. The molecular weight excluding hydrogens is 206 g/mol. The SMILES string of the molecule is CON(C)C1OC(CO)[C@H](O)[C@H](O)C1O. The third kappa shape index (κ3) is 2.45. The standard InChI is InChI=1S/C8H17NO6/c1-9(14-2)8-7(13)6(12)5(11)4(3-10)15-8/h4-8,10-13H,3H2,1-2H3/t4?,5-,6-,7?,8?/m0/s1. The predicted molar refractivity (Wildman–Crippen MR) is 48.5 cm³/mol. The Morgan fingerprint density at radius 2 is 1.80 bits per heavy atom. The van der Waals surface area contributed by atoms with Crippen LogP contribution in [0.5, 0.6) is 0 Å². The fourth-order valence-electron chi connectivity index (χ4n) is 1.49. The summed E-state index contributed by atoms with van der Waals surface area (Å²) in [4.78, 5) is 4.81. The van der Waals surface area contributed by atoms with E-state index in [0.717, 1.165) is 0 Å². The number of ether oxygens (including phenoxy) is 1. The zero-order chi connectivity index (χ0) is 11.6. The predicted octanol–water partition coefficient (Wildman–Crippen LogP) is -2.72. The molecule has 7 nitrogen and oxygen atoms in total. The fraction of sp³-hybridized carbons (Fsp3) is 1.00. The van der Waals surface area contributed by atoms with Crippen molar-refractivity contribution in [2.75, 3.05) is 20.8 Å². The molecule has 0 spiro atoms. The molecule has 7 heteroatoms. The van der Waals surface area contributed by atoms with Crippen molar-refractivity contribution in [1.29, 1.82) is 0 Å². The summed E-state index contributed by atoms with van der Waals surface area (Å²) < 4.78 is 5.17. The normalized spacial score (nSPS) is 42.2. The van der Waals surface area contributed by atoms with Crippen LogP contribution in [-0.4, -0.2) is 76.9 Å². The van der Waals surface area contributed by atoms with Crippen LogP contribution in [0.4, 0.5) is 0 Å². The van der Waals surface area contributed by atoms with Crippen molar-refractivity contribution in [1.82, 2.24) is 5.06 Å². The Kier molecular flexibility index (Phi) is 4.41. The number of hydroxylamine groups is 2. The molecule has 15 heavy (non-hydrogen) atoms. The molecule has 5 atom stereocenters. The van der Waals surface area contributed by atoms with E-state index in [4.69, 9.17) is 14.7 Å². The molecule has 0 aliphatic carbocycles. The molecule has 0 radical (unpaired) electrons. The molecule has 1 rings (SSSR count). The molecule has 0 bridgehead atoms. The van der Waals surface area contributed by atoms with E-state index >= 15 is 0 Å². The number of likely N-dealkylation sites (N-methyl/N-ethyl adjacent to an activating group) is 1. The van der Waals surface area contributed by atoms with Crippen molar-refractivity contribution >= 4 is 0 Å². The van der Waals surface area contributed by atoms with Crippen LogP contribution in [0.3, 0.4) is 0 Å². The molecule has 0 aromatic rings. The Morgan fingerprint density at radius 1 is 1.20 bits per heavy atom. The lowest BCUT2D eigenvalue weighted by Gasteiger charge is -2.42. The van der Waals surface area contributed by atoms with E-state index in [-0.39, 0.29) is 0 Å². The second-order valence-electron chi connectivity index (χ2n) is 3.45. The largest absolute Gasteiger partial charge is 0.394 e. The number of rotatable bonds is 3. The van der Waals surface area contributed by atoms with Crippen molar-refractivity contribution in [3.63, 3.8) is 0 Å². The monoisotopic (exact) mass is 223 g/mol. The van der Waals surface area contributed by atoms with Gasteiger partial charge < -0.3 is 25.2 Å². The molecule has 0 amide bonds. The maximum atomic E-state index is 9.58. The smallest absolute Gasteiger partial charge is 0.161 e. The first kappa shape index (κ1) is 12.8. The highest BCUT2D eigenvalue weighted by Gasteiger charge is 2.45. The lowest BCUT2D eigenvalue weighted by atomic mass is 9.98. The van der Waals surface area contributed by atoms with Crippen LogP contribution < -0.4 is 0 Å². The summed E-state index contributed by atoms with van der Waals surface area (Å²) in [6.45, 7) is -0.445. The number of nitrogens with zero attached hydrogens (tertiary/aromatic N) is 1. The van der Waals surface area contributed by atoms with Crippen molar-refractivity contribution in [3.05, 3.63) is 0 Å². The summed E-state index contributed by atoms with van der Waals surface area (Å²) in [5.41, 5.74) is 0. The molecule has 1 saturated heterocycles. The van der Waals surface area contributed by atoms with Gasteiger partial charge in [0.25, 0.3) is 0 Å².